The summed E-state index contributed by atoms with van der Waals surface area (Å²) in [5.74, 6) is -0.737. The first-order chi connectivity index (χ1) is 6.63. The van der Waals surface area contributed by atoms with Gasteiger partial charge in [-0.15, -0.1) is 11.8 Å². The normalized spacial score (nSPS) is 10.1. The zero-order chi connectivity index (χ0) is 10.6. The van der Waals surface area contributed by atoms with Crippen molar-refractivity contribution in [1.29, 1.82) is 0 Å². The summed E-state index contributed by atoms with van der Waals surface area (Å²) >= 11 is 1.68. The maximum Gasteiger partial charge on any atom is 0.303 e. The molecule has 0 amide bonds. The highest BCUT2D eigenvalue weighted by Crippen LogP contribution is 2.19. The molecule has 0 atom stereocenters. The number of hydrogen-bond acceptors (Lipinski definition) is 2. The summed E-state index contributed by atoms with van der Waals surface area (Å²) in [6.45, 7) is 2.02. The summed E-state index contributed by atoms with van der Waals surface area (Å²) < 4.78 is 0. The fraction of sp³-hybridized carbons (Fsp3) is 0.364. The lowest BCUT2D eigenvalue weighted by Gasteiger charge is -2.05. The summed E-state index contributed by atoms with van der Waals surface area (Å²) in [5, 5.41) is 8.59. The van der Waals surface area contributed by atoms with Gasteiger partial charge in [-0.3, -0.25) is 4.79 Å². The molecule has 0 saturated carbocycles. The second-order valence-corrected chi connectivity index (χ2v) is 4.07. The molecule has 1 N–H and O–H groups in total. The minimum Gasteiger partial charge on any atom is -0.481 e. The van der Waals surface area contributed by atoms with Crippen LogP contribution in [0.2, 0.25) is 0 Å². The highest BCUT2D eigenvalue weighted by molar-refractivity contribution is 7.98. The molecule has 0 bridgehead atoms. The predicted molar refractivity (Wildman–Crippen MR) is 58.9 cm³/mol. The van der Waals surface area contributed by atoms with Crippen molar-refractivity contribution >= 4 is 17.7 Å². The maximum atomic E-state index is 10.4. The predicted octanol–water partition coefficient (Wildman–Crippen LogP) is 2.73. The van der Waals surface area contributed by atoms with Crippen molar-refractivity contribution in [3.05, 3.63) is 29.3 Å². The van der Waals surface area contributed by atoms with Crippen molar-refractivity contribution in [2.24, 2.45) is 0 Å². The Balaban J connectivity index is 2.78. The fourth-order valence-corrected chi connectivity index (χ4v) is 1.75. The summed E-state index contributed by atoms with van der Waals surface area (Å²) in [7, 11) is 0. The Morgan fingerprint density at radius 1 is 1.50 bits per heavy atom. The topological polar surface area (TPSA) is 37.3 Å². The number of benzene rings is 1. The molecule has 0 saturated heterocycles. The largest absolute Gasteiger partial charge is 0.481 e. The third-order valence-corrected chi connectivity index (χ3v) is 2.89. The van der Waals surface area contributed by atoms with Gasteiger partial charge in [-0.2, -0.15) is 0 Å². The van der Waals surface area contributed by atoms with Gasteiger partial charge in [0.05, 0.1) is 0 Å². The molecule has 0 spiro atoms. The van der Waals surface area contributed by atoms with Crippen LogP contribution in [0, 0.1) is 6.92 Å². The average molecular weight is 210 g/mol. The fourth-order valence-electron chi connectivity index (χ4n) is 1.29. The standard InChI is InChI=1S/C11H14O2S/c1-8-3-5-10(14-2)7-9(8)4-6-11(12)13/h3,5,7H,4,6H2,1-2H3,(H,12,13). The molecule has 0 heterocycles. The van der Waals surface area contributed by atoms with Crippen molar-refractivity contribution < 1.29 is 9.90 Å². The van der Waals surface area contributed by atoms with Crippen LogP contribution in [0.15, 0.2) is 23.1 Å². The molecule has 1 rings (SSSR count). The Morgan fingerprint density at radius 3 is 2.79 bits per heavy atom. The minimum atomic E-state index is -0.737. The van der Waals surface area contributed by atoms with Gasteiger partial charge < -0.3 is 5.11 Å². The van der Waals surface area contributed by atoms with Gasteiger partial charge in [-0.25, -0.2) is 0 Å². The molecule has 2 nitrogen and oxygen atoms in total. The van der Waals surface area contributed by atoms with Crippen LogP contribution in [-0.4, -0.2) is 17.3 Å². The summed E-state index contributed by atoms with van der Waals surface area (Å²) in [5.41, 5.74) is 2.31. The second kappa shape index (κ2) is 5.05. The van der Waals surface area contributed by atoms with Crippen LogP contribution in [0.3, 0.4) is 0 Å². The smallest absolute Gasteiger partial charge is 0.303 e. The quantitative estimate of drug-likeness (QED) is 0.776. The first-order valence-electron chi connectivity index (χ1n) is 4.49. The first-order valence-corrected chi connectivity index (χ1v) is 5.71. The number of hydrogen-bond donors (Lipinski definition) is 1. The molecule has 3 heteroatoms. The SMILES string of the molecule is CSc1ccc(C)c(CCC(=O)O)c1. The van der Waals surface area contributed by atoms with Crippen LogP contribution in [0.5, 0.6) is 0 Å². The van der Waals surface area contributed by atoms with Crippen molar-refractivity contribution in [2.75, 3.05) is 6.26 Å². The third kappa shape index (κ3) is 3.07. The van der Waals surface area contributed by atoms with E-state index < -0.39 is 5.97 Å². The zero-order valence-corrected chi connectivity index (χ0v) is 9.23. The van der Waals surface area contributed by atoms with E-state index in [1.165, 1.54) is 10.5 Å². The van der Waals surface area contributed by atoms with E-state index in [0.29, 0.717) is 6.42 Å². The Morgan fingerprint density at radius 2 is 2.21 bits per heavy atom. The van der Waals surface area contributed by atoms with Crippen molar-refractivity contribution in [3.8, 4) is 0 Å². The highest BCUT2D eigenvalue weighted by Gasteiger charge is 2.03. The van der Waals surface area contributed by atoms with Gasteiger partial charge in [0.2, 0.25) is 0 Å². The van der Waals surface area contributed by atoms with E-state index in [2.05, 4.69) is 12.1 Å². The number of carboxylic acids is 1. The monoisotopic (exact) mass is 210 g/mol. The molecule has 0 aliphatic rings. The van der Waals surface area contributed by atoms with E-state index in [-0.39, 0.29) is 6.42 Å². The number of carbonyl (C=O) groups is 1. The second-order valence-electron chi connectivity index (χ2n) is 3.19. The van der Waals surface area contributed by atoms with Crippen LogP contribution < -0.4 is 0 Å². The Kier molecular flexibility index (Phi) is 4.01. The van der Waals surface area contributed by atoms with Gasteiger partial charge in [0.1, 0.15) is 0 Å². The van der Waals surface area contributed by atoms with Crippen molar-refractivity contribution in [3.63, 3.8) is 0 Å². The number of rotatable bonds is 4. The van der Waals surface area contributed by atoms with E-state index in [4.69, 9.17) is 5.11 Å². The van der Waals surface area contributed by atoms with Crippen LogP contribution in [0.1, 0.15) is 17.5 Å². The van der Waals surface area contributed by atoms with Gasteiger partial charge in [0.25, 0.3) is 0 Å². The van der Waals surface area contributed by atoms with Crippen LogP contribution in [-0.2, 0) is 11.2 Å². The van der Waals surface area contributed by atoms with Crippen molar-refractivity contribution in [2.45, 2.75) is 24.7 Å². The third-order valence-electron chi connectivity index (χ3n) is 2.16. The lowest BCUT2D eigenvalue weighted by molar-refractivity contribution is -0.136. The van der Waals surface area contributed by atoms with Gasteiger partial charge >= 0.3 is 5.97 Å². The number of aryl methyl sites for hydroxylation is 2. The van der Waals surface area contributed by atoms with E-state index in [1.807, 2.05) is 19.2 Å². The van der Waals surface area contributed by atoms with Gasteiger partial charge in [0.15, 0.2) is 0 Å². The molecule has 1 aromatic carbocycles. The van der Waals surface area contributed by atoms with Crippen LogP contribution in [0.25, 0.3) is 0 Å². The van der Waals surface area contributed by atoms with E-state index >= 15 is 0 Å². The minimum absolute atomic E-state index is 0.207. The molecule has 76 valence electrons. The van der Waals surface area contributed by atoms with Crippen LogP contribution in [0.4, 0.5) is 0 Å². The number of carboxylic acid groups (broad SMARTS) is 1. The molecule has 0 fully saturated rings. The number of aliphatic carboxylic acids is 1. The molecule has 0 aromatic heterocycles. The molecule has 14 heavy (non-hydrogen) atoms. The van der Waals surface area contributed by atoms with E-state index in [0.717, 1.165) is 5.56 Å². The van der Waals surface area contributed by atoms with E-state index in [9.17, 15) is 4.79 Å². The average Bonchev–Trinajstić information content (AvgIpc) is 2.16. The highest BCUT2D eigenvalue weighted by atomic mass is 32.2. The van der Waals surface area contributed by atoms with Gasteiger partial charge in [-0.1, -0.05) is 6.07 Å². The van der Waals surface area contributed by atoms with E-state index in [1.54, 1.807) is 11.8 Å². The zero-order valence-electron chi connectivity index (χ0n) is 8.41. The number of thioether (sulfide) groups is 1. The molecule has 0 unspecified atom stereocenters. The molecule has 0 radical (unpaired) electrons. The first kappa shape index (κ1) is 11.1. The summed E-state index contributed by atoms with van der Waals surface area (Å²) in [6.07, 6.45) is 2.85. The Labute approximate surface area is 88.3 Å². The Hall–Kier alpha value is -0.960. The summed E-state index contributed by atoms with van der Waals surface area (Å²) in [4.78, 5) is 11.6. The lowest BCUT2D eigenvalue weighted by Crippen LogP contribution is -1.99. The van der Waals surface area contributed by atoms with Crippen molar-refractivity contribution in [1.82, 2.24) is 0 Å². The van der Waals surface area contributed by atoms with Crippen LogP contribution >= 0.6 is 11.8 Å². The Bertz CT molecular complexity index is 334. The molecule has 1 aromatic rings. The molecule has 0 aliphatic carbocycles. The van der Waals surface area contributed by atoms with Gasteiger partial charge in [0, 0.05) is 11.3 Å². The lowest BCUT2D eigenvalue weighted by atomic mass is 10.0. The molecular formula is C11H14O2S. The molecule has 0 aliphatic heterocycles. The summed E-state index contributed by atoms with van der Waals surface area (Å²) in [6, 6.07) is 6.18. The maximum absolute atomic E-state index is 10.4. The van der Waals surface area contributed by atoms with Gasteiger partial charge in [-0.05, 0) is 42.9 Å². The molecular weight excluding hydrogens is 196 g/mol.